The Morgan fingerprint density at radius 3 is 2.44 bits per heavy atom. The summed E-state index contributed by atoms with van der Waals surface area (Å²) in [6, 6.07) is 0. The Labute approximate surface area is 99.1 Å². The molecule has 0 bridgehead atoms. The SMILES string of the molecule is CCC(C)C(C)OC(=O)CN1CCCCC1. The van der Waals surface area contributed by atoms with Crippen LogP contribution in [0.25, 0.3) is 0 Å². The Balaban J connectivity index is 2.23. The third kappa shape index (κ3) is 4.52. The number of carbonyl (C=O) groups is 1. The van der Waals surface area contributed by atoms with Crippen molar-refractivity contribution < 1.29 is 9.53 Å². The number of hydrogen-bond donors (Lipinski definition) is 0. The maximum atomic E-state index is 11.7. The van der Waals surface area contributed by atoms with Crippen molar-refractivity contribution in [3.8, 4) is 0 Å². The predicted octanol–water partition coefficient (Wildman–Crippen LogP) is 2.45. The number of hydrogen-bond acceptors (Lipinski definition) is 3. The molecule has 2 unspecified atom stereocenters. The van der Waals surface area contributed by atoms with Crippen molar-refractivity contribution in [2.24, 2.45) is 5.92 Å². The first-order chi connectivity index (χ1) is 7.63. The molecule has 0 aromatic heterocycles. The molecule has 94 valence electrons. The normalized spacial score (nSPS) is 21.4. The van der Waals surface area contributed by atoms with Crippen LogP contribution in [0.15, 0.2) is 0 Å². The van der Waals surface area contributed by atoms with E-state index in [4.69, 9.17) is 4.74 Å². The summed E-state index contributed by atoms with van der Waals surface area (Å²) in [5.41, 5.74) is 0. The van der Waals surface area contributed by atoms with Crippen molar-refractivity contribution >= 4 is 5.97 Å². The van der Waals surface area contributed by atoms with Gasteiger partial charge in [-0.3, -0.25) is 9.69 Å². The minimum Gasteiger partial charge on any atom is -0.461 e. The highest BCUT2D eigenvalue weighted by Gasteiger charge is 2.18. The Kier molecular flexibility index (Phi) is 5.81. The lowest BCUT2D eigenvalue weighted by Gasteiger charge is -2.26. The lowest BCUT2D eigenvalue weighted by atomic mass is 10.0. The Morgan fingerprint density at radius 1 is 1.25 bits per heavy atom. The first-order valence-electron chi connectivity index (χ1n) is 6.55. The molecule has 0 spiro atoms. The van der Waals surface area contributed by atoms with Crippen LogP contribution in [0.3, 0.4) is 0 Å². The molecule has 1 saturated heterocycles. The molecule has 0 radical (unpaired) electrons. The topological polar surface area (TPSA) is 29.5 Å². The summed E-state index contributed by atoms with van der Waals surface area (Å²) < 4.78 is 5.43. The number of ether oxygens (including phenoxy) is 1. The van der Waals surface area contributed by atoms with E-state index in [-0.39, 0.29) is 12.1 Å². The summed E-state index contributed by atoms with van der Waals surface area (Å²) in [6.07, 6.45) is 4.83. The zero-order chi connectivity index (χ0) is 12.0. The number of nitrogens with zero attached hydrogens (tertiary/aromatic N) is 1. The standard InChI is InChI=1S/C13H25NO2/c1-4-11(2)12(3)16-13(15)10-14-8-6-5-7-9-14/h11-12H,4-10H2,1-3H3. The molecule has 0 aliphatic carbocycles. The molecule has 16 heavy (non-hydrogen) atoms. The second-order valence-corrected chi connectivity index (χ2v) is 4.92. The van der Waals surface area contributed by atoms with E-state index in [1.165, 1.54) is 19.3 Å². The van der Waals surface area contributed by atoms with Crippen LogP contribution in [-0.2, 0) is 9.53 Å². The molecule has 0 saturated carbocycles. The maximum Gasteiger partial charge on any atom is 0.320 e. The molecule has 1 rings (SSSR count). The lowest BCUT2D eigenvalue weighted by Crippen LogP contribution is -2.36. The number of carbonyl (C=O) groups excluding carboxylic acids is 1. The molecule has 0 aromatic carbocycles. The minimum absolute atomic E-state index is 0.0438. The lowest BCUT2D eigenvalue weighted by molar-refractivity contribution is -0.152. The van der Waals surface area contributed by atoms with Crippen LogP contribution in [0.4, 0.5) is 0 Å². The van der Waals surface area contributed by atoms with E-state index in [0.29, 0.717) is 12.5 Å². The summed E-state index contributed by atoms with van der Waals surface area (Å²) in [7, 11) is 0. The van der Waals surface area contributed by atoms with Crippen LogP contribution in [0.5, 0.6) is 0 Å². The molecule has 1 aliphatic heterocycles. The Hall–Kier alpha value is -0.570. The van der Waals surface area contributed by atoms with E-state index in [0.717, 1.165) is 19.5 Å². The molecule has 0 aromatic rings. The number of esters is 1. The maximum absolute atomic E-state index is 11.7. The van der Waals surface area contributed by atoms with Crippen molar-refractivity contribution in [3.05, 3.63) is 0 Å². The van der Waals surface area contributed by atoms with Crippen LogP contribution in [0.2, 0.25) is 0 Å². The second kappa shape index (κ2) is 6.89. The molecular formula is C13H25NO2. The van der Waals surface area contributed by atoms with Gasteiger partial charge in [0.2, 0.25) is 0 Å². The van der Waals surface area contributed by atoms with Crippen LogP contribution >= 0.6 is 0 Å². The first-order valence-corrected chi connectivity index (χ1v) is 6.55. The van der Waals surface area contributed by atoms with Gasteiger partial charge in [-0.25, -0.2) is 0 Å². The smallest absolute Gasteiger partial charge is 0.320 e. The minimum atomic E-state index is -0.0605. The zero-order valence-electron chi connectivity index (χ0n) is 10.9. The summed E-state index contributed by atoms with van der Waals surface area (Å²) >= 11 is 0. The fourth-order valence-electron chi connectivity index (χ4n) is 1.99. The van der Waals surface area contributed by atoms with Crippen molar-refractivity contribution in [1.29, 1.82) is 0 Å². The molecule has 0 amide bonds. The van der Waals surface area contributed by atoms with Gasteiger partial charge in [0, 0.05) is 0 Å². The number of rotatable bonds is 5. The average molecular weight is 227 g/mol. The third-order valence-corrected chi connectivity index (χ3v) is 3.56. The number of likely N-dealkylation sites (tertiary alicyclic amines) is 1. The van der Waals surface area contributed by atoms with Crippen LogP contribution < -0.4 is 0 Å². The highest BCUT2D eigenvalue weighted by molar-refractivity contribution is 5.71. The average Bonchev–Trinajstić information content (AvgIpc) is 2.29. The Morgan fingerprint density at radius 2 is 1.88 bits per heavy atom. The Bertz CT molecular complexity index is 206. The summed E-state index contributed by atoms with van der Waals surface area (Å²) in [4.78, 5) is 13.9. The fourth-order valence-corrected chi connectivity index (χ4v) is 1.99. The quantitative estimate of drug-likeness (QED) is 0.676. The molecule has 1 fully saturated rings. The van der Waals surface area contributed by atoms with Gasteiger partial charge in [-0.05, 0) is 38.8 Å². The van der Waals surface area contributed by atoms with Crippen molar-refractivity contribution in [3.63, 3.8) is 0 Å². The molecule has 1 aliphatic rings. The van der Waals surface area contributed by atoms with Gasteiger partial charge in [0.15, 0.2) is 0 Å². The molecular weight excluding hydrogens is 202 g/mol. The molecule has 1 heterocycles. The van der Waals surface area contributed by atoms with Gasteiger partial charge in [-0.1, -0.05) is 26.7 Å². The van der Waals surface area contributed by atoms with Crippen LogP contribution in [-0.4, -0.2) is 36.6 Å². The molecule has 3 heteroatoms. The molecule has 3 nitrogen and oxygen atoms in total. The first kappa shape index (κ1) is 13.5. The zero-order valence-corrected chi connectivity index (χ0v) is 10.9. The monoisotopic (exact) mass is 227 g/mol. The third-order valence-electron chi connectivity index (χ3n) is 3.56. The number of piperidine rings is 1. The molecule has 0 N–H and O–H groups in total. The highest BCUT2D eigenvalue weighted by atomic mass is 16.5. The van der Waals surface area contributed by atoms with E-state index in [2.05, 4.69) is 18.7 Å². The van der Waals surface area contributed by atoms with Gasteiger partial charge in [0.1, 0.15) is 6.10 Å². The van der Waals surface area contributed by atoms with E-state index in [1.807, 2.05) is 6.92 Å². The van der Waals surface area contributed by atoms with Gasteiger partial charge >= 0.3 is 5.97 Å². The van der Waals surface area contributed by atoms with Gasteiger partial charge < -0.3 is 4.74 Å². The fraction of sp³-hybridized carbons (Fsp3) is 0.923. The second-order valence-electron chi connectivity index (χ2n) is 4.92. The van der Waals surface area contributed by atoms with Crippen molar-refractivity contribution in [1.82, 2.24) is 4.90 Å². The largest absolute Gasteiger partial charge is 0.461 e. The van der Waals surface area contributed by atoms with E-state index >= 15 is 0 Å². The van der Waals surface area contributed by atoms with E-state index in [1.54, 1.807) is 0 Å². The van der Waals surface area contributed by atoms with E-state index in [9.17, 15) is 4.79 Å². The van der Waals surface area contributed by atoms with Gasteiger partial charge in [0.05, 0.1) is 6.54 Å². The summed E-state index contributed by atoms with van der Waals surface area (Å²) in [5, 5.41) is 0. The summed E-state index contributed by atoms with van der Waals surface area (Å²) in [5.74, 6) is 0.389. The van der Waals surface area contributed by atoms with Crippen LogP contribution in [0, 0.1) is 5.92 Å². The highest BCUT2D eigenvalue weighted by Crippen LogP contribution is 2.12. The van der Waals surface area contributed by atoms with Crippen LogP contribution in [0.1, 0.15) is 46.5 Å². The van der Waals surface area contributed by atoms with Gasteiger partial charge in [0.25, 0.3) is 0 Å². The molecule has 2 atom stereocenters. The van der Waals surface area contributed by atoms with Crippen molar-refractivity contribution in [2.75, 3.05) is 19.6 Å². The summed E-state index contributed by atoms with van der Waals surface area (Å²) in [6.45, 7) is 8.81. The van der Waals surface area contributed by atoms with E-state index < -0.39 is 0 Å². The predicted molar refractivity (Wildman–Crippen MR) is 65.3 cm³/mol. The van der Waals surface area contributed by atoms with Gasteiger partial charge in [-0.15, -0.1) is 0 Å². The van der Waals surface area contributed by atoms with Gasteiger partial charge in [-0.2, -0.15) is 0 Å². The van der Waals surface area contributed by atoms with Crippen molar-refractivity contribution in [2.45, 2.75) is 52.6 Å².